The van der Waals surface area contributed by atoms with Gasteiger partial charge in [-0.05, 0) is 46.7 Å². The molecular formula is C12H22N2OS. The van der Waals surface area contributed by atoms with Gasteiger partial charge in [-0.25, -0.2) is 0 Å². The van der Waals surface area contributed by atoms with Crippen LogP contribution in [0, 0.1) is 0 Å². The number of thioether (sulfide) groups is 1. The van der Waals surface area contributed by atoms with Gasteiger partial charge in [-0.1, -0.05) is 0 Å². The van der Waals surface area contributed by atoms with E-state index < -0.39 is 0 Å². The zero-order valence-corrected chi connectivity index (χ0v) is 11.3. The molecule has 0 aliphatic carbocycles. The second-order valence-corrected chi connectivity index (χ2v) is 7.15. The summed E-state index contributed by atoms with van der Waals surface area (Å²) < 4.78 is 0. The van der Waals surface area contributed by atoms with E-state index in [4.69, 9.17) is 0 Å². The highest BCUT2D eigenvalue weighted by molar-refractivity contribution is 8.00. The van der Waals surface area contributed by atoms with Crippen LogP contribution in [0.3, 0.4) is 0 Å². The summed E-state index contributed by atoms with van der Waals surface area (Å²) in [4.78, 5) is 14.4. The van der Waals surface area contributed by atoms with Gasteiger partial charge in [-0.15, -0.1) is 11.8 Å². The van der Waals surface area contributed by atoms with Crippen molar-refractivity contribution < 1.29 is 4.79 Å². The maximum absolute atomic E-state index is 12.2. The molecule has 0 unspecified atom stereocenters. The highest BCUT2D eigenvalue weighted by Gasteiger charge is 2.48. The SMILES string of the molecule is CC(C)(C)N1C(=O)CCSC12CCNCC2. The average molecular weight is 242 g/mol. The third-order valence-electron chi connectivity index (χ3n) is 3.40. The molecule has 4 heteroatoms. The van der Waals surface area contributed by atoms with Gasteiger partial charge in [0, 0.05) is 17.7 Å². The number of piperidine rings is 1. The van der Waals surface area contributed by atoms with Crippen molar-refractivity contribution in [2.24, 2.45) is 0 Å². The topological polar surface area (TPSA) is 32.3 Å². The first kappa shape index (κ1) is 12.2. The number of nitrogens with one attached hydrogen (secondary N) is 1. The number of amides is 1. The molecule has 2 heterocycles. The largest absolute Gasteiger partial charge is 0.323 e. The van der Waals surface area contributed by atoms with E-state index in [9.17, 15) is 4.79 Å². The van der Waals surface area contributed by atoms with E-state index in [2.05, 4.69) is 31.0 Å². The Morgan fingerprint density at radius 1 is 1.31 bits per heavy atom. The molecule has 0 bridgehead atoms. The van der Waals surface area contributed by atoms with Gasteiger partial charge >= 0.3 is 0 Å². The first-order chi connectivity index (χ1) is 7.46. The van der Waals surface area contributed by atoms with Gasteiger partial charge in [0.25, 0.3) is 0 Å². The Morgan fingerprint density at radius 3 is 2.50 bits per heavy atom. The molecular weight excluding hydrogens is 220 g/mol. The van der Waals surface area contributed by atoms with Gasteiger partial charge in [-0.2, -0.15) is 0 Å². The van der Waals surface area contributed by atoms with Crippen LogP contribution in [0.2, 0.25) is 0 Å². The minimum atomic E-state index is -0.0537. The number of rotatable bonds is 0. The van der Waals surface area contributed by atoms with Crippen LogP contribution in [0.4, 0.5) is 0 Å². The molecule has 2 aliphatic heterocycles. The molecule has 2 fully saturated rings. The fraction of sp³-hybridized carbons (Fsp3) is 0.917. The predicted octanol–water partition coefficient (Wildman–Crippen LogP) is 1.83. The summed E-state index contributed by atoms with van der Waals surface area (Å²) in [6, 6.07) is 0. The first-order valence-electron chi connectivity index (χ1n) is 6.14. The Balaban J connectivity index is 2.29. The number of nitrogens with zero attached hydrogens (tertiary/aromatic N) is 1. The van der Waals surface area contributed by atoms with E-state index >= 15 is 0 Å². The van der Waals surface area contributed by atoms with Crippen molar-refractivity contribution in [1.82, 2.24) is 10.2 Å². The zero-order valence-electron chi connectivity index (χ0n) is 10.5. The quantitative estimate of drug-likeness (QED) is 0.703. The van der Waals surface area contributed by atoms with Crippen molar-refractivity contribution in [3.8, 4) is 0 Å². The molecule has 0 saturated carbocycles. The molecule has 2 saturated heterocycles. The maximum Gasteiger partial charge on any atom is 0.224 e. The molecule has 2 aliphatic rings. The third-order valence-corrected chi connectivity index (χ3v) is 4.94. The van der Waals surface area contributed by atoms with Crippen molar-refractivity contribution in [2.45, 2.75) is 50.4 Å². The standard InChI is InChI=1S/C12H22N2OS/c1-11(2,3)14-10(15)4-9-16-12(14)5-7-13-8-6-12/h13H,4-9H2,1-3H3. The van der Waals surface area contributed by atoms with E-state index in [0.717, 1.165) is 31.7 Å². The number of carbonyl (C=O) groups is 1. The fourth-order valence-electron chi connectivity index (χ4n) is 2.90. The fourth-order valence-corrected chi connectivity index (χ4v) is 4.56. The molecule has 0 aromatic rings. The summed E-state index contributed by atoms with van der Waals surface area (Å²) in [5.41, 5.74) is -0.0537. The number of hydrogen-bond donors (Lipinski definition) is 1. The van der Waals surface area contributed by atoms with Crippen LogP contribution >= 0.6 is 11.8 Å². The molecule has 16 heavy (non-hydrogen) atoms. The van der Waals surface area contributed by atoms with Crippen molar-refractivity contribution in [3.63, 3.8) is 0 Å². The van der Waals surface area contributed by atoms with Crippen molar-refractivity contribution in [2.75, 3.05) is 18.8 Å². The smallest absolute Gasteiger partial charge is 0.224 e. The second-order valence-electron chi connectivity index (χ2n) is 5.69. The van der Waals surface area contributed by atoms with Gasteiger partial charge in [-0.3, -0.25) is 4.79 Å². The molecule has 0 aromatic carbocycles. The molecule has 0 aromatic heterocycles. The summed E-state index contributed by atoms with van der Waals surface area (Å²) >= 11 is 1.99. The van der Waals surface area contributed by atoms with Crippen LogP contribution in [-0.2, 0) is 4.79 Å². The van der Waals surface area contributed by atoms with Crippen molar-refractivity contribution in [1.29, 1.82) is 0 Å². The number of carbonyl (C=O) groups excluding carboxylic acids is 1. The van der Waals surface area contributed by atoms with E-state index in [-0.39, 0.29) is 10.4 Å². The molecule has 1 spiro atoms. The maximum atomic E-state index is 12.2. The van der Waals surface area contributed by atoms with Crippen LogP contribution in [0.5, 0.6) is 0 Å². The average Bonchev–Trinajstić information content (AvgIpc) is 2.16. The molecule has 3 nitrogen and oxygen atoms in total. The van der Waals surface area contributed by atoms with E-state index in [1.54, 1.807) is 0 Å². The Labute approximate surface area is 102 Å². The summed E-state index contributed by atoms with van der Waals surface area (Å²) in [5, 5.41) is 3.39. The lowest BCUT2D eigenvalue weighted by Crippen LogP contribution is -2.63. The van der Waals surface area contributed by atoms with Gasteiger partial charge < -0.3 is 10.2 Å². The molecule has 0 radical (unpaired) electrons. The van der Waals surface area contributed by atoms with Crippen molar-refractivity contribution >= 4 is 17.7 Å². The zero-order chi connectivity index (χ0) is 11.8. The third kappa shape index (κ3) is 2.09. The Morgan fingerprint density at radius 2 is 1.94 bits per heavy atom. The minimum Gasteiger partial charge on any atom is -0.323 e. The van der Waals surface area contributed by atoms with Gasteiger partial charge in [0.05, 0.1) is 4.87 Å². The Kier molecular flexibility index (Phi) is 3.23. The lowest BCUT2D eigenvalue weighted by Gasteiger charge is -2.54. The second kappa shape index (κ2) is 4.22. The van der Waals surface area contributed by atoms with Gasteiger partial charge in [0.1, 0.15) is 0 Å². The number of hydrogen-bond acceptors (Lipinski definition) is 3. The first-order valence-corrected chi connectivity index (χ1v) is 7.12. The van der Waals surface area contributed by atoms with Crippen LogP contribution in [0.15, 0.2) is 0 Å². The van der Waals surface area contributed by atoms with Gasteiger partial charge in [0.2, 0.25) is 5.91 Å². The molecule has 92 valence electrons. The normalized spacial score (nSPS) is 26.2. The minimum absolute atomic E-state index is 0.0537. The lowest BCUT2D eigenvalue weighted by atomic mass is 9.95. The Hall–Kier alpha value is -0.220. The van der Waals surface area contributed by atoms with Crippen molar-refractivity contribution in [3.05, 3.63) is 0 Å². The highest BCUT2D eigenvalue weighted by atomic mass is 32.2. The van der Waals surface area contributed by atoms with Crippen LogP contribution < -0.4 is 5.32 Å². The Bertz CT molecular complexity index is 274. The molecule has 0 atom stereocenters. The van der Waals surface area contributed by atoms with Gasteiger partial charge in [0.15, 0.2) is 0 Å². The van der Waals surface area contributed by atoms with Crippen LogP contribution in [-0.4, -0.2) is 40.1 Å². The molecule has 1 amide bonds. The van der Waals surface area contributed by atoms with E-state index in [1.807, 2.05) is 11.8 Å². The summed E-state index contributed by atoms with van der Waals surface area (Å²) in [6.07, 6.45) is 2.87. The van der Waals surface area contributed by atoms with Crippen LogP contribution in [0.1, 0.15) is 40.0 Å². The highest BCUT2D eigenvalue weighted by Crippen LogP contribution is 2.45. The molecule has 2 rings (SSSR count). The lowest BCUT2D eigenvalue weighted by molar-refractivity contribution is -0.142. The van der Waals surface area contributed by atoms with Crippen LogP contribution in [0.25, 0.3) is 0 Å². The summed E-state index contributed by atoms with van der Waals surface area (Å²) in [5.74, 6) is 1.33. The summed E-state index contributed by atoms with van der Waals surface area (Å²) in [7, 11) is 0. The summed E-state index contributed by atoms with van der Waals surface area (Å²) in [6.45, 7) is 8.53. The monoisotopic (exact) mass is 242 g/mol. The van der Waals surface area contributed by atoms with E-state index in [0.29, 0.717) is 12.3 Å². The van der Waals surface area contributed by atoms with E-state index in [1.165, 1.54) is 0 Å². The predicted molar refractivity (Wildman–Crippen MR) is 68.5 cm³/mol. The molecule has 1 N–H and O–H groups in total.